The predicted molar refractivity (Wildman–Crippen MR) is 128 cm³/mol. The van der Waals surface area contributed by atoms with Crippen molar-refractivity contribution in [3.63, 3.8) is 0 Å². The van der Waals surface area contributed by atoms with E-state index in [1.165, 1.54) is 50.5 Å². The second-order valence-corrected chi connectivity index (χ2v) is 9.34. The van der Waals surface area contributed by atoms with Gasteiger partial charge in [0.15, 0.2) is 11.3 Å². The molecule has 3 heterocycles. The zero-order chi connectivity index (χ0) is 21.5. The van der Waals surface area contributed by atoms with Gasteiger partial charge >= 0.3 is 0 Å². The van der Waals surface area contributed by atoms with Gasteiger partial charge in [0.05, 0.1) is 11.0 Å². The zero-order valence-electron chi connectivity index (χ0n) is 18.5. The summed E-state index contributed by atoms with van der Waals surface area (Å²) in [5, 5.41) is 0.629. The molecule has 6 heteroatoms. The molecule has 0 bridgehead atoms. The van der Waals surface area contributed by atoms with Crippen LogP contribution < -0.4 is 5.56 Å². The van der Waals surface area contributed by atoms with E-state index in [4.69, 9.17) is 15.0 Å². The summed E-state index contributed by atoms with van der Waals surface area (Å²) in [5.74, 6) is 0. The van der Waals surface area contributed by atoms with E-state index >= 15 is 0 Å². The number of hydrogen-bond acceptors (Lipinski definition) is 4. The Balaban J connectivity index is 1.55. The monoisotopic (exact) mass is 427 g/mol. The third kappa shape index (κ3) is 3.33. The fourth-order valence-electron chi connectivity index (χ4n) is 5.54. The van der Waals surface area contributed by atoms with Gasteiger partial charge in [-0.3, -0.25) is 9.36 Å². The van der Waals surface area contributed by atoms with E-state index in [-0.39, 0.29) is 11.6 Å². The van der Waals surface area contributed by atoms with Gasteiger partial charge in [0.25, 0.3) is 5.56 Å². The molecular weight excluding hydrogens is 398 g/mol. The molecule has 6 rings (SSSR count). The molecule has 1 saturated carbocycles. The van der Waals surface area contributed by atoms with E-state index in [1.54, 1.807) is 6.33 Å². The number of aromatic nitrogens is 5. The van der Waals surface area contributed by atoms with Gasteiger partial charge in [0.2, 0.25) is 0 Å². The van der Waals surface area contributed by atoms with E-state index in [9.17, 15) is 4.79 Å². The van der Waals surface area contributed by atoms with E-state index in [1.807, 2.05) is 28.8 Å². The highest BCUT2D eigenvalue weighted by atomic mass is 16.1. The van der Waals surface area contributed by atoms with Gasteiger partial charge in [0, 0.05) is 12.6 Å². The van der Waals surface area contributed by atoms with E-state index in [2.05, 4.69) is 10.6 Å². The highest BCUT2D eigenvalue weighted by molar-refractivity contribution is 6.04. The molecule has 0 amide bonds. The van der Waals surface area contributed by atoms with Crippen LogP contribution in [0.15, 0.2) is 47.0 Å². The van der Waals surface area contributed by atoms with Gasteiger partial charge in [-0.15, -0.1) is 0 Å². The van der Waals surface area contributed by atoms with Crippen molar-refractivity contribution in [2.24, 2.45) is 0 Å². The van der Waals surface area contributed by atoms with Crippen molar-refractivity contribution in [2.75, 3.05) is 0 Å². The molecule has 164 valence electrons. The normalized spacial score (nSPS) is 17.9. The van der Waals surface area contributed by atoms with Crippen LogP contribution in [0, 0.1) is 0 Å². The zero-order valence-corrected chi connectivity index (χ0v) is 18.5. The summed E-state index contributed by atoms with van der Waals surface area (Å²) in [7, 11) is 0. The Morgan fingerprint density at radius 3 is 2.53 bits per heavy atom. The number of rotatable bonds is 4. The predicted octanol–water partition coefficient (Wildman–Crippen LogP) is 5.69. The minimum Gasteiger partial charge on any atom is -0.308 e. The van der Waals surface area contributed by atoms with Crippen molar-refractivity contribution >= 4 is 33.2 Å². The maximum Gasteiger partial charge on any atom is 0.265 e. The molecule has 4 aromatic rings. The largest absolute Gasteiger partial charge is 0.308 e. The average molecular weight is 428 g/mol. The summed E-state index contributed by atoms with van der Waals surface area (Å²) < 4.78 is 4.00. The van der Waals surface area contributed by atoms with Crippen LogP contribution in [0.5, 0.6) is 0 Å². The Bertz CT molecular complexity index is 1390. The first-order valence-corrected chi connectivity index (χ1v) is 12.1. The van der Waals surface area contributed by atoms with Crippen molar-refractivity contribution in [3.8, 4) is 0 Å². The molecule has 1 aromatic carbocycles. The fraction of sp³-hybridized carbons (Fsp3) is 0.462. The number of allylic oxidation sites excluding steroid dienone is 2. The standard InChI is InChI=1S/C26H29N5O/c32-26-22-23-25(29-21-14-8-7-13-20(21)28-23)30(16-15-18-9-3-1-4-10-18)24(22)27-17-31(26)19-11-5-2-6-12-19/h7-9,13-14,17,19H,1-6,10-12,15-16H2. The summed E-state index contributed by atoms with van der Waals surface area (Å²) in [6.45, 7) is 0.777. The van der Waals surface area contributed by atoms with Gasteiger partial charge in [-0.2, -0.15) is 0 Å². The smallest absolute Gasteiger partial charge is 0.265 e. The number of benzene rings is 1. The molecule has 0 atom stereocenters. The Kier molecular flexibility index (Phi) is 5.01. The topological polar surface area (TPSA) is 65.6 Å². The molecule has 1 fully saturated rings. The number of aryl methyl sites for hydroxylation is 1. The van der Waals surface area contributed by atoms with Crippen LogP contribution in [-0.4, -0.2) is 24.1 Å². The number of fused-ring (bicyclic) bond motifs is 4. The van der Waals surface area contributed by atoms with Crippen molar-refractivity contribution in [3.05, 3.63) is 52.6 Å². The van der Waals surface area contributed by atoms with Crippen molar-refractivity contribution < 1.29 is 0 Å². The van der Waals surface area contributed by atoms with Crippen LogP contribution in [0.1, 0.15) is 70.3 Å². The van der Waals surface area contributed by atoms with E-state index in [0.29, 0.717) is 10.9 Å². The molecule has 0 radical (unpaired) electrons. The van der Waals surface area contributed by atoms with Gasteiger partial charge in [-0.25, -0.2) is 15.0 Å². The Morgan fingerprint density at radius 1 is 0.938 bits per heavy atom. The minimum atomic E-state index is 0.0344. The number of hydrogen-bond donors (Lipinski definition) is 0. The molecule has 32 heavy (non-hydrogen) atoms. The molecule has 2 aliphatic rings. The average Bonchev–Trinajstić information content (AvgIpc) is 3.16. The van der Waals surface area contributed by atoms with E-state index < -0.39 is 0 Å². The first kappa shape index (κ1) is 19.6. The lowest BCUT2D eigenvalue weighted by molar-refractivity contribution is 0.345. The van der Waals surface area contributed by atoms with Gasteiger partial charge in [-0.05, 0) is 57.1 Å². The molecule has 2 aliphatic carbocycles. The van der Waals surface area contributed by atoms with Crippen molar-refractivity contribution in [1.82, 2.24) is 24.1 Å². The fourth-order valence-corrected chi connectivity index (χ4v) is 5.54. The van der Waals surface area contributed by atoms with Crippen LogP contribution in [0.3, 0.4) is 0 Å². The van der Waals surface area contributed by atoms with Crippen LogP contribution >= 0.6 is 0 Å². The molecule has 3 aromatic heterocycles. The molecule has 0 N–H and O–H groups in total. The number of nitrogens with zero attached hydrogens (tertiary/aromatic N) is 5. The van der Waals surface area contributed by atoms with Crippen LogP contribution in [0.25, 0.3) is 33.2 Å². The summed E-state index contributed by atoms with van der Waals surface area (Å²) in [6.07, 6.45) is 15.8. The van der Waals surface area contributed by atoms with Gasteiger partial charge in [0.1, 0.15) is 17.2 Å². The first-order valence-electron chi connectivity index (χ1n) is 12.1. The Hall–Kier alpha value is -3.02. The highest BCUT2D eigenvalue weighted by Gasteiger charge is 2.23. The molecule has 6 nitrogen and oxygen atoms in total. The summed E-state index contributed by atoms with van der Waals surface area (Å²) in [6, 6.07) is 8.15. The molecule has 0 spiro atoms. The summed E-state index contributed by atoms with van der Waals surface area (Å²) in [4.78, 5) is 28.4. The van der Waals surface area contributed by atoms with Crippen molar-refractivity contribution in [2.45, 2.75) is 76.8 Å². The maximum atomic E-state index is 13.7. The summed E-state index contributed by atoms with van der Waals surface area (Å²) in [5.41, 5.74) is 5.42. The van der Waals surface area contributed by atoms with Gasteiger partial charge in [-0.1, -0.05) is 43.0 Å². The lowest BCUT2D eigenvalue weighted by atomic mass is 9.95. The SMILES string of the molecule is O=c1c2c3nc4ccccc4nc3n(CCC3=CCCCC3)c2ncn1C1CCCCC1. The summed E-state index contributed by atoms with van der Waals surface area (Å²) >= 11 is 0. The van der Waals surface area contributed by atoms with Crippen LogP contribution in [0.4, 0.5) is 0 Å². The molecule has 0 aliphatic heterocycles. The second kappa shape index (κ2) is 8.15. The maximum absolute atomic E-state index is 13.7. The first-order chi connectivity index (χ1) is 15.8. The number of para-hydroxylation sites is 2. The van der Waals surface area contributed by atoms with Crippen LogP contribution in [-0.2, 0) is 6.54 Å². The molecular formula is C26H29N5O. The Labute approximate surface area is 187 Å². The third-order valence-electron chi connectivity index (χ3n) is 7.29. The molecule has 0 saturated heterocycles. The van der Waals surface area contributed by atoms with E-state index in [0.717, 1.165) is 48.1 Å². The van der Waals surface area contributed by atoms with Gasteiger partial charge < -0.3 is 4.57 Å². The Morgan fingerprint density at radius 2 is 1.75 bits per heavy atom. The third-order valence-corrected chi connectivity index (χ3v) is 7.29. The second-order valence-electron chi connectivity index (χ2n) is 9.34. The van der Waals surface area contributed by atoms with Crippen LogP contribution in [0.2, 0.25) is 0 Å². The molecule has 0 unspecified atom stereocenters. The highest BCUT2D eigenvalue weighted by Crippen LogP contribution is 2.30. The quantitative estimate of drug-likeness (QED) is 0.392. The lowest BCUT2D eigenvalue weighted by Crippen LogP contribution is -2.26. The minimum absolute atomic E-state index is 0.0344. The lowest BCUT2D eigenvalue weighted by Gasteiger charge is -2.23. The van der Waals surface area contributed by atoms with Crippen molar-refractivity contribution in [1.29, 1.82) is 0 Å².